The van der Waals surface area contributed by atoms with Gasteiger partial charge in [0.2, 0.25) is 5.91 Å². The SMILES string of the molecule is CC(=O)Nc1cc(Nc2nc(-c3nn(Cc4c(F)cc(OCCO)cc4F)c4ccccc34)ncc2C2CCN(CC(F)(F)F)CC2)ccn1. The Bertz CT molecular complexity index is 1970. The predicted octanol–water partition coefficient (Wildman–Crippen LogP) is 6.03. The number of ether oxygens (including phenoxy) is 1. The Morgan fingerprint density at radius 1 is 1.06 bits per heavy atom. The lowest BCUT2D eigenvalue weighted by atomic mass is 9.90. The molecule has 0 spiro atoms. The number of aliphatic hydroxyl groups excluding tert-OH is 1. The number of nitrogens with one attached hydrogen (secondary N) is 2. The van der Waals surface area contributed by atoms with Crippen LogP contribution in [-0.4, -0.2) is 79.7 Å². The second-order valence-corrected chi connectivity index (χ2v) is 11.9. The first-order chi connectivity index (χ1) is 24.0. The third kappa shape index (κ3) is 8.14. The average Bonchev–Trinajstić information content (AvgIpc) is 3.43. The van der Waals surface area contributed by atoms with Crippen molar-refractivity contribution in [3.8, 4) is 17.3 Å². The Labute approximate surface area is 283 Å². The molecule has 0 saturated carbocycles. The number of pyridine rings is 1. The number of anilines is 3. The Hall–Kier alpha value is -5.22. The van der Waals surface area contributed by atoms with Crippen molar-refractivity contribution in [3.63, 3.8) is 0 Å². The van der Waals surface area contributed by atoms with Crippen molar-refractivity contribution in [1.82, 2.24) is 29.6 Å². The number of aromatic nitrogens is 5. The number of alkyl halides is 3. The zero-order valence-corrected chi connectivity index (χ0v) is 26.8. The molecule has 0 atom stereocenters. The molecule has 11 nitrogen and oxygen atoms in total. The Morgan fingerprint density at radius 3 is 2.50 bits per heavy atom. The summed E-state index contributed by atoms with van der Waals surface area (Å²) in [6, 6.07) is 12.5. The fraction of sp³-hybridized carbons (Fsp3) is 0.324. The number of carbonyl (C=O) groups excluding carboxylic acids is 1. The van der Waals surface area contributed by atoms with E-state index in [0.717, 1.165) is 12.1 Å². The molecule has 262 valence electrons. The number of benzene rings is 2. The van der Waals surface area contributed by atoms with Crippen molar-refractivity contribution in [1.29, 1.82) is 0 Å². The molecule has 3 aromatic heterocycles. The van der Waals surface area contributed by atoms with Crippen LogP contribution in [0, 0.1) is 11.6 Å². The lowest BCUT2D eigenvalue weighted by Crippen LogP contribution is -2.39. The molecule has 1 aliphatic heterocycles. The molecule has 50 heavy (non-hydrogen) atoms. The van der Waals surface area contributed by atoms with Crippen LogP contribution >= 0.6 is 0 Å². The van der Waals surface area contributed by atoms with Crippen LogP contribution in [-0.2, 0) is 11.3 Å². The van der Waals surface area contributed by atoms with Crippen LogP contribution in [0.4, 0.5) is 39.3 Å². The molecule has 4 heterocycles. The van der Waals surface area contributed by atoms with E-state index >= 15 is 8.78 Å². The van der Waals surface area contributed by atoms with E-state index in [2.05, 4.69) is 25.7 Å². The van der Waals surface area contributed by atoms with Crippen LogP contribution in [0.2, 0.25) is 0 Å². The van der Waals surface area contributed by atoms with Crippen molar-refractivity contribution >= 4 is 34.1 Å². The van der Waals surface area contributed by atoms with Gasteiger partial charge in [-0.05, 0) is 44.0 Å². The topological polar surface area (TPSA) is 130 Å². The van der Waals surface area contributed by atoms with Crippen molar-refractivity contribution in [2.75, 3.05) is 43.5 Å². The number of nitrogens with zero attached hydrogens (tertiary/aromatic N) is 6. The van der Waals surface area contributed by atoms with Crippen LogP contribution in [0.25, 0.3) is 22.4 Å². The number of halogens is 5. The number of hydrogen-bond acceptors (Lipinski definition) is 9. The van der Waals surface area contributed by atoms with E-state index in [9.17, 15) is 18.0 Å². The summed E-state index contributed by atoms with van der Waals surface area (Å²) in [5.74, 6) is -1.32. The molecule has 1 aliphatic rings. The summed E-state index contributed by atoms with van der Waals surface area (Å²) in [6.45, 7) is 0.172. The molecule has 3 N–H and O–H groups in total. The summed E-state index contributed by atoms with van der Waals surface area (Å²) in [5, 5.41) is 20.2. The van der Waals surface area contributed by atoms with Gasteiger partial charge >= 0.3 is 6.18 Å². The lowest BCUT2D eigenvalue weighted by molar-refractivity contribution is -0.148. The number of carbonyl (C=O) groups is 1. The van der Waals surface area contributed by atoms with Gasteiger partial charge in [0.1, 0.15) is 41.3 Å². The normalized spacial score (nSPS) is 14.2. The summed E-state index contributed by atoms with van der Waals surface area (Å²) in [5.41, 5.74) is 1.89. The highest BCUT2D eigenvalue weighted by molar-refractivity contribution is 5.92. The largest absolute Gasteiger partial charge is 0.491 e. The summed E-state index contributed by atoms with van der Waals surface area (Å²) < 4.78 is 76.0. The Morgan fingerprint density at radius 2 is 1.80 bits per heavy atom. The maximum atomic E-state index is 15.1. The van der Waals surface area contributed by atoms with Gasteiger partial charge in [-0.1, -0.05) is 18.2 Å². The third-order valence-electron chi connectivity index (χ3n) is 8.23. The van der Waals surface area contributed by atoms with E-state index in [0.29, 0.717) is 52.3 Å². The average molecular weight is 697 g/mol. The highest BCUT2D eigenvalue weighted by Crippen LogP contribution is 2.36. The quantitative estimate of drug-likeness (QED) is 0.142. The fourth-order valence-electron chi connectivity index (χ4n) is 5.99. The second kappa shape index (κ2) is 14.7. The third-order valence-corrected chi connectivity index (χ3v) is 8.23. The first-order valence-corrected chi connectivity index (χ1v) is 15.8. The highest BCUT2D eigenvalue weighted by Gasteiger charge is 2.33. The number of hydrogen-bond donors (Lipinski definition) is 3. The van der Waals surface area contributed by atoms with Gasteiger partial charge in [-0.25, -0.2) is 23.7 Å². The summed E-state index contributed by atoms with van der Waals surface area (Å²) in [4.78, 5) is 26.6. The van der Waals surface area contributed by atoms with Gasteiger partial charge in [0.15, 0.2) is 5.82 Å². The van der Waals surface area contributed by atoms with Crippen molar-refractivity contribution < 1.29 is 36.6 Å². The van der Waals surface area contributed by atoms with Gasteiger partial charge in [0, 0.05) is 59.7 Å². The molecule has 1 amide bonds. The number of aliphatic hydroxyl groups is 1. The Balaban J connectivity index is 1.36. The summed E-state index contributed by atoms with van der Waals surface area (Å²) >= 11 is 0. The van der Waals surface area contributed by atoms with Gasteiger partial charge in [-0.3, -0.25) is 14.4 Å². The van der Waals surface area contributed by atoms with Crippen molar-refractivity contribution in [2.24, 2.45) is 0 Å². The Kier molecular flexibility index (Phi) is 10.2. The number of para-hydroxylation sites is 1. The number of likely N-dealkylation sites (tertiary alicyclic amines) is 1. The minimum Gasteiger partial charge on any atom is -0.491 e. The number of piperidine rings is 1. The van der Waals surface area contributed by atoms with E-state index in [4.69, 9.17) is 14.8 Å². The molecular weight excluding hydrogens is 663 g/mol. The highest BCUT2D eigenvalue weighted by atomic mass is 19.4. The lowest BCUT2D eigenvalue weighted by Gasteiger charge is -2.33. The number of amides is 1. The van der Waals surface area contributed by atoms with Crippen LogP contribution in [0.15, 0.2) is 60.9 Å². The number of rotatable bonds is 11. The van der Waals surface area contributed by atoms with Gasteiger partial charge in [0.25, 0.3) is 0 Å². The first-order valence-electron chi connectivity index (χ1n) is 15.8. The molecule has 1 fully saturated rings. The van der Waals surface area contributed by atoms with Gasteiger partial charge in [-0.2, -0.15) is 18.3 Å². The maximum Gasteiger partial charge on any atom is 0.401 e. The molecule has 0 radical (unpaired) electrons. The van der Waals surface area contributed by atoms with Crippen LogP contribution in [0.3, 0.4) is 0 Å². The minimum atomic E-state index is -4.29. The zero-order valence-electron chi connectivity index (χ0n) is 26.8. The van der Waals surface area contributed by atoms with E-state index in [1.54, 1.807) is 42.6 Å². The molecule has 2 aromatic carbocycles. The molecule has 16 heteroatoms. The van der Waals surface area contributed by atoms with Gasteiger partial charge in [-0.15, -0.1) is 0 Å². The van der Waals surface area contributed by atoms with E-state index in [1.807, 2.05) is 0 Å². The van der Waals surface area contributed by atoms with E-state index < -0.39 is 24.4 Å². The molecule has 0 bridgehead atoms. The molecule has 6 rings (SSSR count). The molecular formula is C34H33F5N8O3. The van der Waals surface area contributed by atoms with Crippen molar-refractivity contribution in [2.45, 2.75) is 38.4 Å². The van der Waals surface area contributed by atoms with E-state index in [-0.39, 0.29) is 61.8 Å². The van der Waals surface area contributed by atoms with Crippen LogP contribution in [0.5, 0.6) is 5.75 Å². The van der Waals surface area contributed by atoms with E-state index in [1.165, 1.54) is 22.7 Å². The van der Waals surface area contributed by atoms with Crippen LogP contribution < -0.4 is 15.4 Å². The summed E-state index contributed by atoms with van der Waals surface area (Å²) in [6.07, 6.45) is -0.273. The molecule has 0 unspecified atom stereocenters. The molecule has 5 aromatic rings. The second-order valence-electron chi connectivity index (χ2n) is 11.9. The molecule has 0 aliphatic carbocycles. The number of fused-ring (bicyclic) bond motifs is 1. The smallest absolute Gasteiger partial charge is 0.401 e. The predicted molar refractivity (Wildman–Crippen MR) is 175 cm³/mol. The monoisotopic (exact) mass is 696 g/mol. The molecule has 1 saturated heterocycles. The summed E-state index contributed by atoms with van der Waals surface area (Å²) in [7, 11) is 0. The standard InChI is InChI=1S/C34H33F5N8O3/c1-20(49)42-30-14-22(6-9-40-30)43-32-25(21-7-10-46(11-8-21)19-34(37,38)39)17-41-33(44-32)31-24-4-2-3-5-29(24)47(45-31)18-26-27(35)15-23(16-28(26)36)50-13-12-48/h2-6,9,14-17,21,48H,7-8,10-13,18-19H2,1H3,(H2,40,41,42,43,44,49). The van der Waals surface area contributed by atoms with Gasteiger partial charge < -0.3 is 20.5 Å². The zero-order chi connectivity index (χ0) is 35.4. The van der Waals surface area contributed by atoms with Crippen molar-refractivity contribution in [3.05, 3.63) is 83.7 Å². The first kappa shape index (κ1) is 34.6. The fourth-order valence-corrected chi connectivity index (χ4v) is 5.99. The van der Waals surface area contributed by atoms with Crippen LogP contribution in [0.1, 0.15) is 36.8 Å². The maximum absolute atomic E-state index is 15.1. The van der Waals surface area contributed by atoms with Gasteiger partial charge in [0.05, 0.1) is 25.2 Å². The minimum absolute atomic E-state index is 0.0539.